The minimum atomic E-state index is -4.51. The topological polar surface area (TPSA) is 32.3 Å². The molecule has 1 N–H and O–H groups in total. The number of piperidine rings is 1. The van der Waals surface area contributed by atoms with E-state index < -0.39 is 36.5 Å². The lowest BCUT2D eigenvalue weighted by Crippen LogP contribution is -2.32. The number of benzene rings is 1. The monoisotopic (exact) mass is 398 g/mol. The van der Waals surface area contributed by atoms with Crippen molar-refractivity contribution < 1.29 is 26.7 Å². The molecule has 1 aromatic rings. The average Bonchev–Trinajstić information content (AvgIpc) is 2.93. The summed E-state index contributed by atoms with van der Waals surface area (Å²) in [5, 5.41) is 3.09. The van der Waals surface area contributed by atoms with Gasteiger partial charge in [0.05, 0.1) is 12.1 Å². The Balaban J connectivity index is 0.00000243. The third kappa shape index (κ3) is 4.46. The molecule has 0 spiro atoms. The van der Waals surface area contributed by atoms with Crippen LogP contribution in [0.3, 0.4) is 0 Å². The van der Waals surface area contributed by atoms with E-state index in [1.54, 1.807) is 0 Å². The van der Waals surface area contributed by atoms with Gasteiger partial charge in [0.2, 0.25) is 0 Å². The van der Waals surface area contributed by atoms with Gasteiger partial charge < -0.3 is 10.2 Å². The highest BCUT2D eigenvalue weighted by atomic mass is 35.5. The first-order valence-corrected chi connectivity index (χ1v) is 8.26. The van der Waals surface area contributed by atoms with Crippen LogP contribution in [0.15, 0.2) is 18.2 Å². The van der Waals surface area contributed by atoms with E-state index in [0.29, 0.717) is 25.9 Å². The van der Waals surface area contributed by atoms with E-state index >= 15 is 0 Å². The average molecular weight is 399 g/mol. The van der Waals surface area contributed by atoms with Crippen LogP contribution < -0.4 is 5.32 Å². The number of nitrogens with zero attached hydrogens (tertiary/aromatic N) is 1. The number of nitrogens with one attached hydrogen (secondary N) is 1. The molecule has 3 rings (SSSR count). The van der Waals surface area contributed by atoms with Gasteiger partial charge in [-0.2, -0.15) is 13.2 Å². The predicted molar refractivity (Wildman–Crippen MR) is 89.0 cm³/mol. The van der Waals surface area contributed by atoms with Gasteiger partial charge in [0.1, 0.15) is 0 Å². The van der Waals surface area contributed by atoms with E-state index in [-0.39, 0.29) is 36.0 Å². The van der Waals surface area contributed by atoms with Gasteiger partial charge in [-0.25, -0.2) is 8.78 Å². The minimum absolute atomic E-state index is 0. The highest BCUT2D eigenvalue weighted by Gasteiger charge is 2.41. The van der Waals surface area contributed by atoms with Gasteiger partial charge in [-0.05, 0) is 55.6 Å². The van der Waals surface area contributed by atoms with Crippen molar-refractivity contribution in [2.75, 3.05) is 26.2 Å². The molecule has 1 amide bonds. The molecular weight excluding hydrogens is 379 g/mol. The zero-order valence-electron chi connectivity index (χ0n) is 13.9. The molecule has 2 saturated heterocycles. The Morgan fingerprint density at radius 3 is 2.38 bits per heavy atom. The van der Waals surface area contributed by atoms with Crippen molar-refractivity contribution in [1.29, 1.82) is 0 Å². The maximum atomic E-state index is 13.3. The lowest BCUT2D eigenvalue weighted by atomic mass is 9.85. The molecule has 2 aliphatic heterocycles. The first kappa shape index (κ1) is 20.9. The summed E-state index contributed by atoms with van der Waals surface area (Å²) in [6.45, 7) is 0.446. The maximum absolute atomic E-state index is 13.3. The third-order valence-corrected chi connectivity index (χ3v) is 4.84. The van der Waals surface area contributed by atoms with E-state index in [1.165, 1.54) is 6.07 Å². The van der Waals surface area contributed by atoms with Gasteiger partial charge in [-0.3, -0.25) is 4.79 Å². The molecule has 2 aliphatic rings. The molecule has 0 radical (unpaired) electrons. The Labute approximate surface area is 154 Å². The Morgan fingerprint density at radius 2 is 1.85 bits per heavy atom. The van der Waals surface area contributed by atoms with Crippen molar-refractivity contribution in [3.05, 3.63) is 34.9 Å². The molecule has 2 heterocycles. The number of halogens is 6. The van der Waals surface area contributed by atoms with Crippen molar-refractivity contribution in [1.82, 2.24) is 10.2 Å². The van der Waals surface area contributed by atoms with Crippen molar-refractivity contribution >= 4 is 18.3 Å². The Bertz CT molecular complexity index is 659. The quantitative estimate of drug-likeness (QED) is 0.761. The van der Waals surface area contributed by atoms with E-state index in [2.05, 4.69) is 5.32 Å². The highest BCUT2D eigenvalue weighted by Crippen LogP contribution is 2.39. The normalized spacial score (nSPS) is 20.7. The fourth-order valence-electron chi connectivity index (χ4n) is 3.52. The molecule has 26 heavy (non-hydrogen) atoms. The second kappa shape index (κ2) is 7.68. The summed E-state index contributed by atoms with van der Waals surface area (Å²) in [7, 11) is 0. The number of hydrogen-bond donors (Lipinski definition) is 1. The number of hydrogen-bond acceptors (Lipinski definition) is 2. The first-order valence-electron chi connectivity index (χ1n) is 8.26. The van der Waals surface area contributed by atoms with Crippen LogP contribution in [0.2, 0.25) is 0 Å². The summed E-state index contributed by atoms with van der Waals surface area (Å²) >= 11 is 0. The lowest BCUT2D eigenvalue weighted by Gasteiger charge is -2.27. The summed E-state index contributed by atoms with van der Waals surface area (Å²) in [5.74, 6) is -3.87. The van der Waals surface area contributed by atoms with Crippen molar-refractivity contribution in [3.63, 3.8) is 0 Å². The fourth-order valence-corrected chi connectivity index (χ4v) is 3.52. The number of carbonyl (C=O) groups is 1. The Kier molecular flexibility index (Phi) is 6.17. The van der Waals surface area contributed by atoms with Crippen LogP contribution in [0.1, 0.15) is 46.7 Å². The molecule has 0 aliphatic carbocycles. The van der Waals surface area contributed by atoms with Crippen LogP contribution in [0.5, 0.6) is 0 Å². The Hall–Kier alpha value is -1.41. The summed E-state index contributed by atoms with van der Waals surface area (Å²) in [5.41, 5.74) is -0.618. The van der Waals surface area contributed by atoms with Gasteiger partial charge in [-0.15, -0.1) is 12.4 Å². The largest absolute Gasteiger partial charge is 0.416 e. The number of alkyl halides is 5. The smallest absolute Gasteiger partial charge is 0.332 e. The number of likely N-dealkylation sites (tertiary alicyclic amines) is 1. The van der Waals surface area contributed by atoms with Crippen LogP contribution in [-0.2, 0) is 6.18 Å². The molecule has 2 fully saturated rings. The second-order valence-corrected chi connectivity index (χ2v) is 6.66. The molecule has 146 valence electrons. The minimum Gasteiger partial charge on any atom is -0.332 e. The zero-order chi connectivity index (χ0) is 18.2. The molecule has 0 unspecified atom stereocenters. The lowest BCUT2D eigenvalue weighted by molar-refractivity contribution is -0.138. The van der Waals surface area contributed by atoms with Crippen LogP contribution in [0, 0.1) is 0 Å². The van der Waals surface area contributed by atoms with Gasteiger partial charge >= 0.3 is 6.18 Å². The van der Waals surface area contributed by atoms with Gasteiger partial charge in [0.15, 0.2) is 0 Å². The predicted octanol–water partition coefficient (Wildman–Crippen LogP) is 4.08. The third-order valence-electron chi connectivity index (χ3n) is 4.84. The van der Waals surface area contributed by atoms with E-state index in [0.717, 1.165) is 17.0 Å². The molecule has 3 nitrogen and oxygen atoms in total. The second-order valence-electron chi connectivity index (χ2n) is 6.66. The molecular formula is C17H20ClF5N2O. The molecule has 0 bridgehead atoms. The van der Waals surface area contributed by atoms with E-state index in [1.807, 2.05) is 0 Å². The van der Waals surface area contributed by atoms with Crippen molar-refractivity contribution in [2.45, 2.75) is 37.3 Å². The van der Waals surface area contributed by atoms with Crippen LogP contribution >= 0.6 is 12.4 Å². The van der Waals surface area contributed by atoms with Crippen LogP contribution in [-0.4, -0.2) is 42.9 Å². The molecule has 0 saturated carbocycles. The van der Waals surface area contributed by atoms with Gasteiger partial charge in [-0.1, -0.05) is 0 Å². The number of amides is 1. The molecule has 1 aromatic carbocycles. The standard InChI is InChI=1S/C17H19F5N2O.ClH/c18-16(19)5-8-24(10-16)15(25)12-1-2-14(17(20,21)22)13(9-12)11-3-6-23-7-4-11;/h1-2,9,11,23H,3-8,10H2;1H. The fraction of sp³-hybridized carbons (Fsp3) is 0.588. The highest BCUT2D eigenvalue weighted by molar-refractivity contribution is 5.94. The van der Waals surface area contributed by atoms with E-state index in [9.17, 15) is 26.7 Å². The first-order chi connectivity index (χ1) is 11.7. The summed E-state index contributed by atoms with van der Waals surface area (Å²) in [4.78, 5) is 13.4. The Morgan fingerprint density at radius 1 is 1.19 bits per heavy atom. The maximum Gasteiger partial charge on any atom is 0.416 e. The number of rotatable bonds is 2. The van der Waals surface area contributed by atoms with Crippen molar-refractivity contribution in [3.8, 4) is 0 Å². The van der Waals surface area contributed by atoms with Gasteiger partial charge in [0.25, 0.3) is 11.8 Å². The zero-order valence-corrected chi connectivity index (χ0v) is 14.7. The van der Waals surface area contributed by atoms with Crippen molar-refractivity contribution in [2.24, 2.45) is 0 Å². The molecule has 0 atom stereocenters. The van der Waals surface area contributed by atoms with E-state index in [4.69, 9.17) is 0 Å². The number of carbonyl (C=O) groups excluding carboxylic acids is 1. The summed E-state index contributed by atoms with van der Waals surface area (Å²) in [6, 6.07) is 3.24. The summed E-state index contributed by atoms with van der Waals surface area (Å²) in [6.07, 6.45) is -3.84. The van der Waals surface area contributed by atoms with Crippen LogP contribution in [0.25, 0.3) is 0 Å². The molecule has 9 heteroatoms. The SMILES string of the molecule is Cl.O=C(c1ccc(C(F)(F)F)c(C2CCNCC2)c1)N1CCC(F)(F)C1. The van der Waals surface area contributed by atoms with Crippen LogP contribution in [0.4, 0.5) is 22.0 Å². The van der Waals surface area contributed by atoms with Gasteiger partial charge in [0, 0.05) is 18.5 Å². The molecule has 0 aromatic heterocycles. The summed E-state index contributed by atoms with van der Waals surface area (Å²) < 4.78 is 66.6.